The van der Waals surface area contributed by atoms with Crippen LogP contribution in [0, 0.1) is 0 Å². The predicted octanol–water partition coefficient (Wildman–Crippen LogP) is 2.56. The molecular weight excluding hydrogens is 224 g/mol. The van der Waals surface area contributed by atoms with Crippen molar-refractivity contribution in [1.29, 1.82) is 0 Å². The first-order valence-electron chi connectivity index (χ1n) is 6.66. The first kappa shape index (κ1) is 13.1. The minimum Gasteiger partial charge on any atom is -0.406 e. The van der Waals surface area contributed by atoms with Crippen LogP contribution in [-0.4, -0.2) is 43.2 Å². The van der Waals surface area contributed by atoms with E-state index in [0.717, 1.165) is 31.8 Å². The maximum absolute atomic E-state index is 5.70. The van der Waals surface area contributed by atoms with Crippen molar-refractivity contribution < 1.29 is 4.84 Å². The molecule has 0 bridgehead atoms. The van der Waals surface area contributed by atoms with Gasteiger partial charge in [0.15, 0.2) is 0 Å². The molecule has 98 valence electrons. The average Bonchev–Trinajstić information content (AvgIpc) is 2.41. The molecule has 0 atom stereocenters. The van der Waals surface area contributed by atoms with Crippen molar-refractivity contribution in [3.63, 3.8) is 0 Å². The summed E-state index contributed by atoms with van der Waals surface area (Å²) < 4.78 is 0. The standard InChI is InChI=1S/C15H22N2O/c1-16(18-15-9-4-2-5-10-15)11-8-14-17-12-6-3-7-13-17/h2-6,9-10H,7-8,11-14H2,1H3. The number of hydroxylamine groups is 2. The molecule has 1 aromatic rings. The van der Waals surface area contributed by atoms with Crippen molar-refractivity contribution in [3.8, 4) is 5.75 Å². The van der Waals surface area contributed by atoms with Gasteiger partial charge in [-0.3, -0.25) is 4.90 Å². The summed E-state index contributed by atoms with van der Waals surface area (Å²) >= 11 is 0. The van der Waals surface area contributed by atoms with Crippen LogP contribution in [0.15, 0.2) is 42.5 Å². The molecular formula is C15H22N2O. The number of hydrogen-bond acceptors (Lipinski definition) is 3. The first-order valence-corrected chi connectivity index (χ1v) is 6.66. The Morgan fingerprint density at radius 1 is 1.22 bits per heavy atom. The van der Waals surface area contributed by atoms with E-state index in [1.807, 2.05) is 42.4 Å². The smallest absolute Gasteiger partial charge is 0.147 e. The van der Waals surface area contributed by atoms with Crippen LogP contribution in [0.25, 0.3) is 0 Å². The fourth-order valence-corrected chi connectivity index (χ4v) is 2.12. The van der Waals surface area contributed by atoms with E-state index in [1.54, 1.807) is 0 Å². The third-order valence-corrected chi connectivity index (χ3v) is 3.09. The second-order valence-electron chi connectivity index (χ2n) is 4.67. The second kappa shape index (κ2) is 7.19. The van der Waals surface area contributed by atoms with E-state index < -0.39 is 0 Å². The molecule has 1 aliphatic heterocycles. The summed E-state index contributed by atoms with van der Waals surface area (Å²) in [7, 11) is 1.99. The Hall–Kier alpha value is -1.32. The molecule has 3 nitrogen and oxygen atoms in total. The van der Waals surface area contributed by atoms with Gasteiger partial charge in [-0.1, -0.05) is 30.4 Å². The molecule has 0 saturated heterocycles. The van der Waals surface area contributed by atoms with Crippen LogP contribution in [0.2, 0.25) is 0 Å². The second-order valence-corrected chi connectivity index (χ2v) is 4.67. The van der Waals surface area contributed by atoms with E-state index in [0.29, 0.717) is 0 Å². The van der Waals surface area contributed by atoms with Crippen molar-refractivity contribution in [2.45, 2.75) is 12.8 Å². The number of hydrogen-bond donors (Lipinski definition) is 0. The van der Waals surface area contributed by atoms with Gasteiger partial charge in [0.1, 0.15) is 5.75 Å². The summed E-state index contributed by atoms with van der Waals surface area (Å²) in [5.74, 6) is 0.904. The summed E-state index contributed by atoms with van der Waals surface area (Å²) in [6.07, 6.45) is 6.85. The maximum Gasteiger partial charge on any atom is 0.147 e. The van der Waals surface area contributed by atoms with Crippen LogP contribution in [0.5, 0.6) is 5.75 Å². The molecule has 0 saturated carbocycles. The minimum atomic E-state index is 0.904. The highest BCUT2D eigenvalue weighted by molar-refractivity contribution is 5.20. The quantitative estimate of drug-likeness (QED) is 0.567. The normalized spacial score (nSPS) is 16.1. The van der Waals surface area contributed by atoms with Gasteiger partial charge in [0.05, 0.1) is 0 Å². The predicted molar refractivity (Wildman–Crippen MR) is 74.5 cm³/mol. The van der Waals surface area contributed by atoms with Gasteiger partial charge in [-0.15, -0.1) is 5.06 Å². The fraction of sp³-hybridized carbons (Fsp3) is 0.467. The van der Waals surface area contributed by atoms with Gasteiger partial charge in [0.25, 0.3) is 0 Å². The van der Waals surface area contributed by atoms with E-state index in [4.69, 9.17) is 4.84 Å². The van der Waals surface area contributed by atoms with Crippen molar-refractivity contribution in [1.82, 2.24) is 9.96 Å². The third-order valence-electron chi connectivity index (χ3n) is 3.09. The van der Waals surface area contributed by atoms with Gasteiger partial charge in [-0.25, -0.2) is 0 Å². The molecule has 1 aromatic carbocycles. The molecule has 0 fully saturated rings. The minimum absolute atomic E-state index is 0.904. The van der Waals surface area contributed by atoms with Crippen molar-refractivity contribution >= 4 is 0 Å². The summed E-state index contributed by atoms with van der Waals surface area (Å²) in [6, 6.07) is 9.93. The van der Waals surface area contributed by atoms with Crippen LogP contribution in [-0.2, 0) is 0 Å². The van der Waals surface area contributed by atoms with Crippen LogP contribution < -0.4 is 4.84 Å². The average molecular weight is 246 g/mol. The van der Waals surface area contributed by atoms with Gasteiger partial charge in [0.2, 0.25) is 0 Å². The third kappa shape index (κ3) is 4.51. The molecule has 18 heavy (non-hydrogen) atoms. The van der Waals surface area contributed by atoms with Crippen molar-refractivity contribution in [3.05, 3.63) is 42.5 Å². The van der Waals surface area contributed by atoms with E-state index in [9.17, 15) is 0 Å². The Morgan fingerprint density at radius 3 is 2.78 bits per heavy atom. The highest BCUT2D eigenvalue weighted by Crippen LogP contribution is 2.10. The number of rotatable bonds is 6. The monoisotopic (exact) mass is 246 g/mol. The highest BCUT2D eigenvalue weighted by Gasteiger charge is 2.06. The molecule has 0 N–H and O–H groups in total. The van der Waals surface area contributed by atoms with E-state index in [-0.39, 0.29) is 0 Å². The lowest BCUT2D eigenvalue weighted by molar-refractivity contribution is -0.0338. The van der Waals surface area contributed by atoms with Gasteiger partial charge in [-0.05, 0) is 31.5 Å². The summed E-state index contributed by atoms with van der Waals surface area (Å²) in [5.41, 5.74) is 0. The molecule has 2 rings (SSSR count). The molecule has 3 heteroatoms. The Morgan fingerprint density at radius 2 is 2.06 bits per heavy atom. The van der Waals surface area contributed by atoms with Gasteiger partial charge < -0.3 is 4.84 Å². The lowest BCUT2D eigenvalue weighted by Gasteiger charge is -2.24. The number of nitrogens with zero attached hydrogens (tertiary/aromatic N) is 2. The van der Waals surface area contributed by atoms with Crippen LogP contribution in [0.3, 0.4) is 0 Å². The van der Waals surface area contributed by atoms with Crippen LogP contribution >= 0.6 is 0 Å². The molecule has 0 amide bonds. The maximum atomic E-state index is 5.70. The summed E-state index contributed by atoms with van der Waals surface area (Å²) in [5, 5.41) is 1.91. The molecule has 0 aliphatic carbocycles. The van der Waals surface area contributed by atoms with Gasteiger partial charge in [0, 0.05) is 26.7 Å². The molecule has 0 aromatic heterocycles. The fourth-order valence-electron chi connectivity index (χ4n) is 2.12. The highest BCUT2D eigenvalue weighted by atomic mass is 16.7. The molecule has 1 heterocycles. The van der Waals surface area contributed by atoms with Crippen LogP contribution in [0.4, 0.5) is 0 Å². The Kier molecular flexibility index (Phi) is 5.24. The van der Waals surface area contributed by atoms with Crippen molar-refractivity contribution in [2.24, 2.45) is 0 Å². The largest absolute Gasteiger partial charge is 0.406 e. The zero-order valence-corrected chi connectivity index (χ0v) is 11.1. The van der Waals surface area contributed by atoms with E-state index in [2.05, 4.69) is 17.1 Å². The molecule has 0 spiro atoms. The summed E-state index contributed by atoms with van der Waals surface area (Å²) in [6.45, 7) is 4.39. The van der Waals surface area contributed by atoms with Gasteiger partial charge >= 0.3 is 0 Å². The van der Waals surface area contributed by atoms with Crippen molar-refractivity contribution in [2.75, 3.05) is 33.2 Å². The molecule has 0 unspecified atom stereocenters. The number of para-hydroxylation sites is 1. The Bertz CT molecular complexity index is 364. The molecule has 0 radical (unpaired) electrons. The Labute approximate surface area is 110 Å². The zero-order chi connectivity index (χ0) is 12.6. The van der Waals surface area contributed by atoms with E-state index >= 15 is 0 Å². The SMILES string of the molecule is CN(CCCN1CC=CCC1)Oc1ccccc1. The summed E-state index contributed by atoms with van der Waals surface area (Å²) in [4.78, 5) is 8.19. The lowest BCUT2D eigenvalue weighted by atomic mass is 10.2. The lowest BCUT2D eigenvalue weighted by Crippen LogP contribution is -2.31. The van der Waals surface area contributed by atoms with Crippen LogP contribution in [0.1, 0.15) is 12.8 Å². The van der Waals surface area contributed by atoms with E-state index in [1.165, 1.54) is 13.0 Å². The van der Waals surface area contributed by atoms with Gasteiger partial charge in [-0.2, -0.15) is 0 Å². The number of benzene rings is 1. The Balaban J connectivity index is 1.63. The first-order chi connectivity index (χ1) is 8.84. The topological polar surface area (TPSA) is 15.7 Å². The molecule has 1 aliphatic rings. The zero-order valence-electron chi connectivity index (χ0n) is 11.1.